The third-order valence-corrected chi connectivity index (χ3v) is 7.39. The first-order chi connectivity index (χ1) is 14.2. The summed E-state index contributed by atoms with van der Waals surface area (Å²) in [4.78, 5) is 0. The Bertz CT molecular complexity index is 629. The van der Waals surface area contributed by atoms with E-state index in [0.29, 0.717) is 24.2 Å². The molecule has 1 aromatic rings. The van der Waals surface area contributed by atoms with Gasteiger partial charge >= 0.3 is 0 Å². The maximum absolute atomic E-state index is 14.8. The lowest BCUT2D eigenvalue weighted by Gasteiger charge is -2.36. The van der Waals surface area contributed by atoms with Gasteiger partial charge in [-0.25, -0.2) is 4.39 Å². The van der Waals surface area contributed by atoms with Crippen LogP contribution in [0.25, 0.3) is 0 Å². The van der Waals surface area contributed by atoms with E-state index in [4.69, 9.17) is 4.74 Å². The van der Waals surface area contributed by atoms with E-state index in [1.165, 1.54) is 63.4 Å². The molecule has 162 valence electrons. The molecular formula is C27H41FO. The van der Waals surface area contributed by atoms with Crippen LogP contribution in [0.5, 0.6) is 5.75 Å². The second-order valence-corrected chi connectivity index (χ2v) is 9.43. The van der Waals surface area contributed by atoms with Gasteiger partial charge in [-0.2, -0.15) is 0 Å². The number of rotatable bonds is 10. The maximum Gasteiger partial charge on any atom is 0.165 e. The number of unbranched alkanes of at least 4 members (excludes halogenated alkanes) is 2. The first kappa shape index (κ1) is 22.4. The number of hydrogen-bond donors (Lipinski definition) is 0. The largest absolute Gasteiger partial charge is 0.491 e. The van der Waals surface area contributed by atoms with E-state index < -0.39 is 0 Å². The molecule has 0 saturated heterocycles. The highest BCUT2D eigenvalue weighted by Gasteiger charge is 2.30. The van der Waals surface area contributed by atoms with Gasteiger partial charge in [-0.15, -0.1) is 0 Å². The van der Waals surface area contributed by atoms with Crippen molar-refractivity contribution in [3.8, 4) is 5.75 Å². The molecule has 0 spiro atoms. The Morgan fingerprint density at radius 2 is 1.83 bits per heavy atom. The molecular weight excluding hydrogens is 359 g/mol. The van der Waals surface area contributed by atoms with Gasteiger partial charge in [0.2, 0.25) is 0 Å². The molecule has 2 aliphatic rings. The van der Waals surface area contributed by atoms with Crippen LogP contribution in [0.2, 0.25) is 0 Å². The molecule has 0 radical (unpaired) electrons. The topological polar surface area (TPSA) is 9.23 Å². The minimum absolute atomic E-state index is 0.171. The van der Waals surface area contributed by atoms with Gasteiger partial charge < -0.3 is 4.74 Å². The van der Waals surface area contributed by atoms with Gasteiger partial charge in [0.1, 0.15) is 0 Å². The minimum atomic E-state index is -0.171. The number of hydrogen-bond acceptors (Lipinski definition) is 1. The summed E-state index contributed by atoms with van der Waals surface area (Å²) in [5, 5.41) is 0. The van der Waals surface area contributed by atoms with Crippen LogP contribution in [-0.2, 0) is 0 Å². The molecule has 0 aromatic heterocycles. The van der Waals surface area contributed by atoms with Crippen LogP contribution in [0, 0.1) is 23.6 Å². The van der Waals surface area contributed by atoms with Crippen LogP contribution < -0.4 is 4.74 Å². The molecule has 1 nitrogen and oxygen atoms in total. The van der Waals surface area contributed by atoms with E-state index >= 15 is 0 Å². The Morgan fingerprint density at radius 3 is 2.48 bits per heavy atom. The third kappa shape index (κ3) is 6.59. The fourth-order valence-corrected chi connectivity index (χ4v) is 5.43. The van der Waals surface area contributed by atoms with Gasteiger partial charge in [-0.05, 0) is 86.3 Å². The summed E-state index contributed by atoms with van der Waals surface area (Å²) in [5.41, 5.74) is 1.21. The standard InChI is InChI=1S/C27H41FO/c1-3-5-9-18-29-27-17-16-24(20-26(27)28)25(19-22-10-7-6-8-11-22)23-14-12-21(4-2)13-15-23/h6-7,16-17,20-23,25H,3-5,8-15,18-19H2,1-2H3. The van der Waals surface area contributed by atoms with Gasteiger partial charge in [0, 0.05) is 0 Å². The lowest BCUT2D eigenvalue weighted by molar-refractivity contribution is 0.215. The SMILES string of the molecule is CCCCCOc1ccc(C(CC2CC=CCC2)C2CCC(CC)CC2)cc1F. The molecule has 2 aliphatic carbocycles. The van der Waals surface area contributed by atoms with E-state index in [9.17, 15) is 4.39 Å². The summed E-state index contributed by atoms with van der Waals surface area (Å²) >= 11 is 0. The number of ether oxygens (including phenoxy) is 1. The van der Waals surface area contributed by atoms with Gasteiger partial charge in [0.05, 0.1) is 6.61 Å². The number of allylic oxidation sites excluding steroid dienone is 2. The highest BCUT2D eigenvalue weighted by Crippen LogP contribution is 2.44. The Kier molecular flexibility index (Phi) is 9.08. The van der Waals surface area contributed by atoms with Crippen LogP contribution in [0.3, 0.4) is 0 Å². The molecule has 0 amide bonds. The summed E-state index contributed by atoms with van der Waals surface area (Å²) in [6, 6.07) is 5.85. The van der Waals surface area contributed by atoms with Crippen LogP contribution in [0.1, 0.15) is 102 Å². The second kappa shape index (κ2) is 11.8. The molecule has 1 aromatic carbocycles. The fraction of sp³-hybridized carbons (Fsp3) is 0.704. The lowest BCUT2D eigenvalue weighted by Crippen LogP contribution is -2.23. The van der Waals surface area contributed by atoms with Crippen molar-refractivity contribution in [1.82, 2.24) is 0 Å². The van der Waals surface area contributed by atoms with Crippen molar-refractivity contribution in [2.45, 2.75) is 96.8 Å². The first-order valence-electron chi connectivity index (χ1n) is 12.3. The van der Waals surface area contributed by atoms with E-state index in [-0.39, 0.29) is 5.82 Å². The van der Waals surface area contributed by atoms with Gasteiger partial charge in [0.25, 0.3) is 0 Å². The average Bonchev–Trinajstić information content (AvgIpc) is 2.77. The Morgan fingerprint density at radius 1 is 1.00 bits per heavy atom. The Hall–Kier alpha value is -1.31. The van der Waals surface area contributed by atoms with Crippen LogP contribution in [-0.4, -0.2) is 6.61 Å². The van der Waals surface area contributed by atoms with Crippen molar-refractivity contribution in [1.29, 1.82) is 0 Å². The van der Waals surface area contributed by atoms with Crippen LogP contribution >= 0.6 is 0 Å². The molecule has 1 saturated carbocycles. The predicted octanol–water partition coefficient (Wildman–Crippen LogP) is 8.44. The summed E-state index contributed by atoms with van der Waals surface area (Å²) in [6.07, 6.45) is 19.5. The van der Waals surface area contributed by atoms with Crippen LogP contribution in [0.15, 0.2) is 30.4 Å². The molecule has 2 atom stereocenters. The van der Waals surface area contributed by atoms with Crippen LogP contribution in [0.4, 0.5) is 4.39 Å². The highest BCUT2D eigenvalue weighted by atomic mass is 19.1. The van der Waals surface area contributed by atoms with Crippen molar-refractivity contribution in [2.75, 3.05) is 6.61 Å². The summed E-state index contributed by atoms with van der Waals surface area (Å²) in [7, 11) is 0. The Labute approximate surface area is 178 Å². The second-order valence-electron chi connectivity index (χ2n) is 9.43. The van der Waals surface area contributed by atoms with E-state index in [2.05, 4.69) is 32.1 Å². The van der Waals surface area contributed by atoms with Crippen molar-refractivity contribution < 1.29 is 9.13 Å². The summed E-state index contributed by atoms with van der Waals surface area (Å²) < 4.78 is 20.6. The molecule has 0 heterocycles. The van der Waals surface area contributed by atoms with E-state index in [1.54, 1.807) is 6.07 Å². The zero-order valence-electron chi connectivity index (χ0n) is 18.7. The molecule has 2 heteroatoms. The Balaban J connectivity index is 1.70. The number of halogens is 1. The zero-order valence-corrected chi connectivity index (χ0v) is 18.7. The quantitative estimate of drug-likeness (QED) is 0.283. The fourth-order valence-electron chi connectivity index (χ4n) is 5.43. The molecule has 0 bridgehead atoms. The van der Waals surface area contributed by atoms with E-state index in [1.807, 2.05) is 6.07 Å². The van der Waals surface area contributed by atoms with E-state index in [0.717, 1.165) is 31.1 Å². The van der Waals surface area contributed by atoms with Gasteiger partial charge in [0.15, 0.2) is 11.6 Å². The zero-order chi connectivity index (χ0) is 20.5. The predicted molar refractivity (Wildman–Crippen MR) is 121 cm³/mol. The lowest BCUT2D eigenvalue weighted by atomic mass is 9.69. The van der Waals surface area contributed by atoms with Crippen molar-refractivity contribution in [3.63, 3.8) is 0 Å². The summed E-state index contributed by atoms with van der Waals surface area (Å²) in [6.45, 7) is 5.11. The first-order valence-corrected chi connectivity index (χ1v) is 12.3. The molecule has 0 aliphatic heterocycles. The third-order valence-electron chi connectivity index (χ3n) is 7.39. The van der Waals surface area contributed by atoms with Crippen molar-refractivity contribution >= 4 is 0 Å². The molecule has 29 heavy (non-hydrogen) atoms. The molecule has 2 unspecified atom stereocenters. The normalized spacial score (nSPS) is 25.7. The van der Waals surface area contributed by atoms with Gasteiger partial charge in [-0.1, -0.05) is 64.2 Å². The summed E-state index contributed by atoms with van der Waals surface area (Å²) in [5.74, 6) is 3.11. The minimum Gasteiger partial charge on any atom is -0.491 e. The monoisotopic (exact) mass is 400 g/mol. The maximum atomic E-state index is 14.8. The van der Waals surface area contributed by atoms with Crippen molar-refractivity contribution in [2.24, 2.45) is 17.8 Å². The smallest absolute Gasteiger partial charge is 0.165 e. The molecule has 3 rings (SSSR count). The molecule has 1 fully saturated rings. The number of benzene rings is 1. The van der Waals surface area contributed by atoms with Crippen molar-refractivity contribution in [3.05, 3.63) is 41.7 Å². The van der Waals surface area contributed by atoms with Gasteiger partial charge in [-0.3, -0.25) is 0 Å². The highest BCUT2D eigenvalue weighted by molar-refractivity contribution is 5.32. The average molecular weight is 401 g/mol. The molecule has 0 N–H and O–H groups in total.